The Bertz CT molecular complexity index is 1100. The van der Waals surface area contributed by atoms with E-state index in [4.69, 9.17) is 16.3 Å². The molecule has 4 aliphatic rings. The van der Waals surface area contributed by atoms with Gasteiger partial charge in [0.25, 0.3) is 0 Å². The van der Waals surface area contributed by atoms with Gasteiger partial charge in [-0.3, -0.25) is 4.79 Å². The quantitative estimate of drug-likeness (QED) is 0.437. The minimum atomic E-state index is -0.346. The van der Waals surface area contributed by atoms with Gasteiger partial charge in [-0.25, -0.2) is 9.59 Å². The highest BCUT2D eigenvalue weighted by Gasteiger charge is 2.41. The molecule has 43 heavy (non-hydrogen) atoms. The Morgan fingerprint density at radius 2 is 1.70 bits per heavy atom. The lowest BCUT2D eigenvalue weighted by molar-refractivity contribution is -0.136. The number of likely N-dealkylation sites (tertiary alicyclic amines) is 1. The minimum absolute atomic E-state index is 0.101. The molecule has 0 radical (unpaired) electrons. The topological polar surface area (TPSA) is 85.4 Å². The number of rotatable bonds is 8. The predicted molar refractivity (Wildman–Crippen MR) is 168 cm³/mol. The summed E-state index contributed by atoms with van der Waals surface area (Å²) in [5.41, 5.74) is 1.08. The first-order valence-corrected chi connectivity index (χ1v) is 16.8. The molecule has 0 bridgehead atoms. The van der Waals surface area contributed by atoms with Crippen LogP contribution in [0, 0.1) is 5.92 Å². The molecule has 2 saturated heterocycles. The number of amides is 4. The predicted octanol–water partition coefficient (Wildman–Crippen LogP) is 5.16. The molecule has 9 nitrogen and oxygen atoms in total. The summed E-state index contributed by atoms with van der Waals surface area (Å²) in [6.07, 6.45) is 10.6. The second-order valence-electron chi connectivity index (χ2n) is 13.4. The van der Waals surface area contributed by atoms with Crippen molar-refractivity contribution in [1.29, 1.82) is 0 Å². The number of cyclic esters (lactones) is 1. The maximum absolute atomic E-state index is 14.2. The normalized spacial score (nSPS) is 27.5. The summed E-state index contributed by atoms with van der Waals surface area (Å²) in [5.74, 6) is 0.323. The molecule has 2 heterocycles. The van der Waals surface area contributed by atoms with Crippen molar-refractivity contribution in [2.24, 2.45) is 5.92 Å². The van der Waals surface area contributed by atoms with Gasteiger partial charge in [-0.1, -0.05) is 49.9 Å². The molecule has 10 heteroatoms. The Hall–Kier alpha value is -2.52. The van der Waals surface area contributed by atoms with Crippen molar-refractivity contribution in [3.8, 4) is 0 Å². The van der Waals surface area contributed by atoms with E-state index in [9.17, 15) is 14.4 Å². The number of halogens is 1. The molecule has 2 unspecified atom stereocenters. The molecule has 4 fully saturated rings. The monoisotopic (exact) mass is 615 g/mol. The van der Waals surface area contributed by atoms with Gasteiger partial charge in [-0.2, -0.15) is 0 Å². The summed E-state index contributed by atoms with van der Waals surface area (Å²) < 4.78 is 5.16. The molecule has 2 aliphatic heterocycles. The number of nitrogens with one attached hydrogen (secondary N) is 1. The molecular weight excluding hydrogens is 566 g/mol. The average molecular weight is 616 g/mol. The molecule has 1 N–H and O–H groups in total. The standard InChI is InChI=1S/C33H50ClN5O4/c1-23-22-37(18-17-30(23)39(32(41)36(2)3)28-7-5-4-6-8-28)31(40)29(21-24-9-11-25(34)12-10-24)35-26-13-15-27(16-14-26)38-19-20-43-33(38)42/h9-12,23,26-30,35H,4-8,13-22H2,1-3H3/t23?,26-,27-,29-,30?/m1/s1. The second-order valence-corrected chi connectivity index (χ2v) is 13.8. The Balaban J connectivity index is 1.25. The van der Waals surface area contributed by atoms with E-state index in [0.717, 1.165) is 50.5 Å². The average Bonchev–Trinajstić information content (AvgIpc) is 3.45. The van der Waals surface area contributed by atoms with Crippen LogP contribution in [0.5, 0.6) is 0 Å². The first-order chi connectivity index (χ1) is 20.7. The third-order valence-corrected chi connectivity index (χ3v) is 10.4. The summed E-state index contributed by atoms with van der Waals surface area (Å²) in [5, 5.41) is 4.43. The summed E-state index contributed by atoms with van der Waals surface area (Å²) in [6.45, 7) is 4.66. The van der Waals surface area contributed by atoms with Crippen LogP contribution in [0.2, 0.25) is 5.02 Å². The maximum Gasteiger partial charge on any atom is 0.410 e. The van der Waals surface area contributed by atoms with Gasteiger partial charge in [0.15, 0.2) is 0 Å². The molecule has 1 aromatic carbocycles. The molecule has 1 aromatic rings. The minimum Gasteiger partial charge on any atom is -0.448 e. The lowest BCUT2D eigenvalue weighted by Gasteiger charge is -2.48. The van der Waals surface area contributed by atoms with E-state index in [1.807, 2.05) is 48.2 Å². The number of carbonyl (C=O) groups is 3. The molecule has 4 amide bonds. The van der Waals surface area contributed by atoms with Crippen molar-refractivity contribution in [1.82, 2.24) is 24.9 Å². The van der Waals surface area contributed by atoms with E-state index in [-0.39, 0.29) is 54.2 Å². The number of carbonyl (C=O) groups excluding carboxylic acids is 3. The lowest BCUT2D eigenvalue weighted by atomic mass is 9.87. The zero-order chi connectivity index (χ0) is 30.5. The summed E-state index contributed by atoms with van der Waals surface area (Å²) >= 11 is 6.16. The molecule has 2 saturated carbocycles. The molecule has 3 atom stereocenters. The van der Waals surface area contributed by atoms with Crippen molar-refractivity contribution < 1.29 is 19.1 Å². The van der Waals surface area contributed by atoms with E-state index in [0.29, 0.717) is 37.7 Å². The fourth-order valence-electron chi connectivity index (χ4n) is 7.78. The van der Waals surface area contributed by atoms with Crippen molar-refractivity contribution >= 4 is 29.6 Å². The van der Waals surface area contributed by atoms with E-state index in [2.05, 4.69) is 17.1 Å². The maximum atomic E-state index is 14.2. The molecule has 2 aliphatic carbocycles. The Labute approximate surface area is 262 Å². The summed E-state index contributed by atoms with van der Waals surface area (Å²) in [7, 11) is 3.69. The van der Waals surface area contributed by atoms with Crippen LogP contribution in [0.15, 0.2) is 24.3 Å². The molecular formula is C33H50ClN5O4. The number of hydrogen-bond donors (Lipinski definition) is 1. The van der Waals surface area contributed by atoms with Gasteiger partial charge in [0, 0.05) is 56.4 Å². The number of benzene rings is 1. The molecule has 5 rings (SSSR count). The van der Waals surface area contributed by atoms with Crippen LogP contribution in [0.25, 0.3) is 0 Å². The SMILES string of the molecule is CC1CN(C(=O)[C@@H](Cc2ccc(Cl)cc2)N[C@H]2CC[C@H](N3CCOC3=O)CC2)CCC1N(C(=O)N(C)C)C1CCCCC1. The van der Waals surface area contributed by atoms with Crippen LogP contribution < -0.4 is 5.32 Å². The zero-order valence-electron chi connectivity index (χ0n) is 26.2. The Kier molecular flexibility index (Phi) is 10.8. The van der Waals surface area contributed by atoms with Crippen LogP contribution in [0.3, 0.4) is 0 Å². The van der Waals surface area contributed by atoms with E-state index in [1.165, 1.54) is 19.3 Å². The highest BCUT2D eigenvalue weighted by atomic mass is 35.5. The van der Waals surface area contributed by atoms with Crippen LogP contribution in [0.4, 0.5) is 9.59 Å². The smallest absolute Gasteiger partial charge is 0.410 e. The van der Waals surface area contributed by atoms with Crippen molar-refractivity contribution in [3.05, 3.63) is 34.9 Å². The van der Waals surface area contributed by atoms with E-state index < -0.39 is 0 Å². The van der Waals surface area contributed by atoms with Crippen LogP contribution in [0.1, 0.15) is 76.7 Å². The second kappa shape index (κ2) is 14.5. The number of nitrogens with zero attached hydrogens (tertiary/aromatic N) is 4. The van der Waals surface area contributed by atoms with Crippen molar-refractivity contribution in [3.63, 3.8) is 0 Å². The van der Waals surface area contributed by atoms with Gasteiger partial charge >= 0.3 is 12.1 Å². The Morgan fingerprint density at radius 1 is 1.00 bits per heavy atom. The van der Waals surface area contributed by atoms with Crippen LogP contribution in [-0.2, 0) is 16.0 Å². The molecule has 0 spiro atoms. The highest BCUT2D eigenvalue weighted by Crippen LogP contribution is 2.32. The summed E-state index contributed by atoms with van der Waals surface area (Å²) in [4.78, 5) is 47.5. The van der Waals surface area contributed by atoms with Crippen LogP contribution >= 0.6 is 11.6 Å². The van der Waals surface area contributed by atoms with E-state index >= 15 is 0 Å². The third-order valence-electron chi connectivity index (χ3n) is 10.1. The van der Waals surface area contributed by atoms with Gasteiger partial charge in [0.05, 0.1) is 12.6 Å². The molecule has 238 valence electrons. The van der Waals surface area contributed by atoms with Gasteiger partial charge in [0.1, 0.15) is 6.61 Å². The fourth-order valence-corrected chi connectivity index (χ4v) is 7.90. The van der Waals surface area contributed by atoms with Gasteiger partial charge in [0.2, 0.25) is 5.91 Å². The van der Waals surface area contributed by atoms with E-state index in [1.54, 1.807) is 4.90 Å². The number of ether oxygens (including phenoxy) is 1. The largest absolute Gasteiger partial charge is 0.448 e. The van der Waals surface area contributed by atoms with Gasteiger partial charge in [-0.05, 0) is 75.0 Å². The third kappa shape index (κ3) is 7.77. The first kappa shape index (κ1) is 31.9. The number of hydrogen-bond acceptors (Lipinski definition) is 5. The number of urea groups is 1. The summed E-state index contributed by atoms with van der Waals surface area (Å²) in [6, 6.07) is 8.38. The van der Waals surface area contributed by atoms with Gasteiger partial charge < -0.3 is 29.7 Å². The van der Waals surface area contributed by atoms with Crippen molar-refractivity contribution in [2.45, 2.75) is 108 Å². The number of piperidine rings is 1. The zero-order valence-corrected chi connectivity index (χ0v) is 26.9. The van der Waals surface area contributed by atoms with Crippen LogP contribution in [-0.4, -0.2) is 108 Å². The lowest BCUT2D eigenvalue weighted by Crippen LogP contribution is -2.60. The Morgan fingerprint density at radius 3 is 2.30 bits per heavy atom. The molecule has 0 aromatic heterocycles. The van der Waals surface area contributed by atoms with Gasteiger partial charge in [-0.15, -0.1) is 0 Å². The highest BCUT2D eigenvalue weighted by molar-refractivity contribution is 6.30. The fraction of sp³-hybridized carbons (Fsp3) is 0.727. The first-order valence-electron chi connectivity index (χ1n) is 16.4. The van der Waals surface area contributed by atoms with Crippen molar-refractivity contribution in [2.75, 3.05) is 40.3 Å².